The van der Waals surface area contributed by atoms with Crippen LogP contribution in [0.3, 0.4) is 0 Å². The molecule has 2 N–H and O–H groups in total. The van der Waals surface area contributed by atoms with Gasteiger partial charge in [0.05, 0.1) is 11.9 Å². The maximum absolute atomic E-state index is 12.4. The monoisotopic (exact) mass is 375 g/mol. The smallest absolute Gasteiger partial charge is 0.256 e. The molecule has 28 heavy (non-hydrogen) atoms. The lowest BCUT2D eigenvalue weighted by Crippen LogP contribution is -2.13. The molecule has 0 atom stereocenters. The number of hydrogen-bond donors (Lipinski definition) is 2. The van der Waals surface area contributed by atoms with Crippen LogP contribution in [0.1, 0.15) is 22.3 Å². The van der Waals surface area contributed by atoms with Crippen LogP contribution in [0, 0.1) is 0 Å². The van der Waals surface area contributed by atoms with Crippen molar-refractivity contribution in [3.8, 4) is 11.5 Å². The molecular formula is C22H21N3O3. The number of nitrogens with zero attached hydrogens (tertiary/aromatic N) is 1. The van der Waals surface area contributed by atoms with E-state index in [4.69, 9.17) is 9.47 Å². The number of hydrogen-bond acceptors (Lipinski definition) is 5. The standard InChI is InChI=1S/C22H21N3O3/c26-22(17-8-10-19-20(13-17)28-15-27-19)25-21-11-9-18(14-24-21)23-12-4-7-16-5-2-1-3-6-16/h1-3,5-6,8-11,13-14,23H,4,7,12,15H2,(H,24,25,26). The second kappa shape index (κ2) is 8.43. The summed E-state index contributed by atoms with van der Waals surface area (Å²) in [5.74, 6) is 1.49. The second-order valence-electron chi connectivity index (χ2n) is 6.47. The van der Waals surface area contributed by atoms with Crippen molar-refractivity contribution in [3.05, 3.63) is 78.0 Å². The Morgan fingerprint density at radius 2 is 1.86 bits per heavy atom. The minimum Gasteiger partial charge on any atom is -0.454 e. The molecular weight excluding hydrogens is 354 g/mol. The molecule has 0 spiro atoms. The van der Waals surface area contributed by atoms with Crippen molar-refractivity contribution in [2.24, 2.45) is 0 Å². The summed E-state index contributed by atoms with van der Waals surface area (Å²) in [7, 11) is 0. The minimum absolute atomic E-state index is 0.182. The highest BCUT2D eigenvalue weighted by Crippen LogP contribution is 2.32. The van der Waals surface area contributed by atoms with E-state index in [1.807, 2.05) is 12.1 Å². The van der Waals surface area contributed by atoms with Crippen LogP contribution in [0.25, 0.3) is 0 Å². The second-order valence-corrected chi connectivity index (χ2v) is 6.47. The Morgan fingerprint density at radius 3 is 2.68 bits per heavy atom. The molecule has 0 unspecified atom stereocenters. The third-order valence-corrected chi connectivity index (χ3v) is 4.45. The van der Waals surface area contributed by atoms with E-state index in [1.54, 1.807) is 30.5 Å². The van der Waals surface area contributed by atoms with Crippen molar-refractivity contribution < 1.29 is 14.3 Å². The first-order chi connectivity index (χ1) is 13.8. The van der Waals surface area contributed by atoms with Gasteiger partial charge in [-0.25, -0.2) is 4.98 Å². The molecule has 6 heteroatoms. The summed E-state index contributed by atoms with van der Waals surface area (Å²) >= 11 is 0. The van der Waals surface area contributed by atoms with Gasteiger partial charge in [-0.1, -0.05) is 30.3 Å². The van der Waals surface area contributed by atoms with Crippen LogP contribution < -0.4 is 20.1 Å². The minimum atomic E-state index is -0.241. The Hall–Kier alpha value is -3.54. The van der Waals surface area contributed by atoms with Gasteiger partial charge in [-0.05, 0) is 48.7 Å². The van der Waals surface area contributed by atoms with Crippen molar-refractivity contribution in [2.75, 3.05) is 24.0 Å². The number of fused-ring (bicyclic) bond motifs is 1. The topological polar surface area (TPSA) is 72.5 Å². The number of aromatic nitrogens is 1. The third-order valence-electron chi connectivity index (χ3n) is 4.45. The van der Waals surface area contributed by atoms with Gasteiger partial charge in [0.2, 0.25) is 6.79 Å². The van der Waals surface area contributed by atoms with Crippen LogP contribution in [-0.2, 0) is 6.42 Å². The first kappa shape index (κ1) is 17.9. The van der Waals surface area contributed by atoms with E-state index >= 15 is 0 Å². The summed E-state index contributed by atoms with van der Waals surface area (Å²) in [6.07, 6.45) is 3.79. The normalized spacial score (nSPS) is 11.9. The number of carbonyl (C=O) groups excluding carboxylic acids is 1. The highest BCUT2D eigenvalue weighted by Gasteiger charge is 2.16. The van der Waals surface area contributed by atoms with E-state index < -0.39 is 0 Å². The molecule has 4 rings (SSSR count). The zero-order chi connectivity index (χ0) is 19.2. The molecule has 0 radical (unpaired) electrons. The number of pyridine rings is 1. The van der Waals surface area contributed by atoms with E-state index in [0.29, 0.717) is 22.9 Å². The molecule has 2 aromatic carbocycles. The maximum Gasteiger partial charge on any atom is 0.256 e. The largest absolute Gasteiger partial charge is 0.454 e. The molecule has 1 aliphatic heterocycles. The molecule has 1 aliphatic rings. The molecule has 0 aliphatic carbocycles. The Kier molecular flexibility index (Phi) is 5.38. The Morgan fingerprint density at radius 1 is 1.00 bits per heavy atom. The fraction of sp³-hybridized carbons (Fsp3) is 0.182. The van der Waals surface area contributed by atoms with Gasteiger partial charge in [0.15, 0.2) is 11.5 Å². The van der Waals surface area contributed by atoms with Gasteiger partial charge >= 0.3 is 0 Å². The average molecular weight is 375 g/mol. The van der Waals surface area contributed by atoms with Crippen molar-refractivity contribution in [2.45, 2.75) is 12.8 Å². The summed E-state index contributed by atoms with van der Waals surface area (Å²) in [5.41, 5.74) is 2.76. The summed E-state index contributed by atoms with van der Waals surface area (Å²) in [4.78, 5) is 16.7. The highest BCUT2D eigenvalue weighted by atomic mass is 16.7. The molecule has 0 fully saturated rings. The summed E-state index contributed by atoms with van der Waals surface area (Å²) in [6.45, 7) is 1.04. The lowest BCUT2D eigenvalue weighted by molar-refractivity contribution is 0.102. The van der Waals surface area contributed by atoms with Crippen LogP contribution in [0.2, 0.25) is 0 Å². The SMILES string of the molecule is O=C(Nc1ccc(NCCCc2ccccc2)cn1)c1ccc2c(c1)OCO2. The molecule has 1 amide bonds. The van der Waals surface area contributed by atoms with Crippen LogP contribution >= 0.6 is 0 Å². The Bertz CT molecular complexity index is 943. The lowest BCUT2D eigenvalue weighted by atomic mass is 10.1. The van der Waals surface area contributed by atoms with E-state index in [9.17, 15) is 4.79 Å². The summed E-state index contributed by atoms with van der Waals surface area (Å²) < 4.78 is 10.6. The zero-order valence-electron chi connectivity index (χ0n) is 15.4. The lowest BCUT2D eigenvalue weighted by Gasteiger charge is -2.08. The van der Waals surface area contributed by atoms with Gasteiger partial charge in [0, 0.05) is 12.1 Å². The summed E-state index contributed by atoms with van der Waals surface area (Å²) in [5, 5.41) is 6.14. The third kappa shape index (κ3) is 4.40. The predicted octanol–water partition coefficient (Wildman–Crippen LogP) is 4.11. The van der Waals surface area contributed by atoms with E-state index in [-0.39, 0.29) is 12.7 Å². The first-order valence-corrected chi connectivity index (χ1v) is 9.23. The molecule has 2 heterocycles. The quantitative estimate of drug-likeness (QED) is 0.608. The fourth-order valence-electron chi connectivity index (χ4n) is 2.97. The average Bonchev–Trinajstić information content (AvgIpc) is 3.21. The number of nitrogens with one attached hydrogen (secondary N) is 2. The number of carbonyl (C=O) groups is 1. The van der Waals surface area contributed by atoms with E-state index in [1.165, 1.54) is 5.56 Å². The maximum atomic E-state index is 12.4. The molecule has 6 nitrogen and oxygen atoms in total. The molecule has 0 saturated carbocycles. The van der Waals surface area contributed by atoms with Crippen molar-refractivity contribution in [1.82, 2.24) is 4.98 Å². The summed E-state index contributed by atoms with van der Waals surface area (Å²) in [6, 6.07) is 19.2. The van der Waals surface area contributed by atoms with Gasteiger partial charge in [0.25, 0.3) is 5.91 Å². The Labute approximate surface area is 163 Å². The number of amides is 1. The fourth-order valence-corrected chi connectivity index (χ4v) is 2.97. The van der Waals surface area contributed by atoms with Gasteiger partial charge in [-0.2, -0.15) is 0 Å². The predicted molar refractivity (Wildman–Crippen MR) is 108 cm³/mol. The number of benzene rings is 2. The van der Waals surface area contributed by atoms with Gasteiger partial charge < -0.3 is 20.1 Å². The number of ether oxygens (including phenoxy) is 2. The van der Waals surface area contributed by atoms with E-state index in [2.05, 4.69) is 39.9 Å². The molecule has 1 aromatic heterocycles. The van der Waals surface area contributed by atoms with Crippen molar-refractivity contribution in [1.29, 1.82) is 0 Å². The number of rotatable bonds is 7. The van der Waals surface area contributed by atoms with Crippen LogP contribution in [-0.4, -0.2) is 24.2 Å². The zero-order valence-corrected chi connectivity index (χ0v) is 15.4. The molecule has 0 bridgehead atoms. The van der Waals surface area contributed by atoms with Gasteiger partial charge in [0.1, 0.15) is 5.82 Å². The van der Waals surface area contributed by atoms with Crippen molar-refractivity contribution >= 4 is 17.4 Å². The molecule has 142 valence electrons. The Balaban J connectivity index is 1.26. The van der Waals surface area contributed by atoms with Crippen molar-refractivity contribution in [3.63, 3.8) is 0 Å². The molecule has 3 aromatic rings. The highest BCUT2D eigenvalue weighted by molar-refractivity contribution is 6.04. The molecule has 0 saturated heterocycles. The van der Waals surface area contributed by atoms with Crippen LogP contribution in [0.15, 0.2) is 66.9 Å². The van der Waals surface area contributed by atoms with E-state index in [0.717, 1.165) is 25.1 Å². The van der Waals surface area contributed by atoms with Crippen LogP contribution in [0.5, 0.6) is 11.5 Å². The number of anilines is 2. The van der Waals surface area contributed by atoms with Gasteiger partial charge in [-0.15, -0.1) is 0 Å². The number of aryl methyl sites for hydroxylation is 1. The van der Waals surface area contributed by atoms with Gasteiger partial charge in [-0.3, -0.25) is 4.79 Å². The van der Waals surface area contributed by atoms with Crippen LogP contribution in [0.4, 0.5) is 11.5 Å². The first-order valence-electron chi connectivity index (χ1n) is 9.23.